The van der Waals surface area contributed by atoms with Gasteiger partial charge in [-0.1, -0.05) is 51.1 Å². The Morgan fingerprint density at radius 2 is 1.68 bits per heavy atom. The predicted octanol–water partition coefficient (Wildman–Crippen LogP) is 8.22. The molecule has 4 rings (SSSR count). The van der Waals surface area contributed by atoms with Crippen LogP contribution in [0.2, 0.25) is 18.1 Å². The first-order valence-corrected chi connectivity index (χ1v) is 17.5. The third kappa shape index (κ3) is 7.83. The highest BCUT2D eigenvalue weighted by molar-refractivity contribution is 6.74. The molecular formula is C34H45FN2O3Si. The van der Waals surface area contributed by atoms with Crippen molar-refractivity contribution in [2.75, 3.05) is 14.2 Å². The van der Waals surface area contributed by atoms with Crippen LogP contribution in [-0.4, -0.2) is 38.3 Å². The molecule has 0 saturated heterocycles. The maximum absolute atomic E-state index is 13.7. The first kappa shape index (κ1) is 30.9. The van der Waals surface area contributed by atoms with E-state index in [4.69, 9.17) is 9.16 Å². The van der Waals surface area contributed by atoms with Crippen LogP contribution in [0.3, 0.4) is 0 Å². The Morgan fingerprint density at radius 3 is 2.27 bits per heavy atom. The average molecular weight is 577 g/mol. The van der Waals surface area contributed by atoms with Gasteiger partial charge in [-0.15, -0.1) is 0 Å². The molecule has 1 aromatic heterocycles. The summed E-state index contributed by atoms with van der Waals surface area (Å²) in [7, 11) is 1.37. The van der Waals surface area contributed by atoms with Crippen LogP contribution in [0.15, 0.2) is 66.9 Å². The number of carbonyl (C=O) groups excluding carboxylic acids is 1. The first-order chi connectivity index (χ1) is 19.4. The van der Waals surface area contributed by atoms with E-state index >= 15 is 0 Å². The van der Waals surface area contributed by atoms with Crippen LogP contribution in [0.25, 0.3) is 0 Å². The second kappa shape index (κ2) is 12.9. The summed E-state index contributed by atoms with van der Waals surface area (Å²) in [4.78, 5) is 19.0. The monoisotopic (exact) mass is 576 g/mol. The molecule has 0 N–H and O–H groups in total. The number of hydrogen-bond acceptors (Lipinski definition) is 4. The summed E-state index contributed by atoms with van der Waals surface area (Å²) in [6.45, 7) is 11.9. The van der Waals surface area contributed by atoms with Gasteiger partial charge in [-0.3, -0.25) is 4.79 Å². The molecule has 1 saturated carbocycles. The number of methoxy groups -OCH3 is 1. The molecule has 0 unspecified atom stereocenters. The van der Waals surface area contributed by atoms with Crippen LogP contribution in [-0.2, 0) is 17.4 Å². The van der Waals surface area contributed by atoms with Crippen molar-refractivity contribution in [3.05, 3.63) is 94.9 Å². The van der Waals surface area contributed by atoms with Gasteiger partial charge in [-0.05, 0) is 96.6 Å². The van der Waals surface area contributed by atoms with E-state index < -0.39 is 8.32 Å². The SMILES string of the molecule is COc1ccc(CN(C)C(=O)c2ccc(C[C@@H]3CC[C@H]([C@H](O[Si](C)(C)C(C)(C)C)c4ccc(F)cc4)C3)cc2)cn1. The molecule has 1 heterocycles. The number of pyridine rings is 1. The summed E-state index contributed by atoms with van der Waals surface area (Å²) in [5.41, 5.74) is 3.96. The van der Waals surface area contributed by atoms with Gasteiger partial charge < -0.3 is 14.1 Å². The van der Waals surface area contributed by atoms with Crippen molar-refractivity contribution in [3.63, 3.8) is 0 Å². The molecule has 0 bridgehead atoms. The number of halogens is 1. The Hall–Kier alpha value is -3.03. The van der Waals surface area contributed by atoms with Crippen LogP contribution < -0.4 is 4.74 Å². The topological polar surface area (TPSA) is 51.7 Å². The fraction of sp³-hybridized carbons (Fsp3) is 0.471. The molecule has 220 valence electrons. The second-order valence-corrected chi connectivity index (χ2v) is 17.8. The number of benzene rings is 2. The van der Waals surface area contributed by atoms with Crippen LogP contribution in [0.4, 0.5) is 4.39 Å². The summed E-state index contributed by atoms with van der Waals surface area (Å²) in [5.74, 6) is 1.29. The Labute approximate surface area is 246 Å². The number of amides is 1. The van der Waals surface area contributed by atoms with Crippen LogP contribution in [0, 0.1) is 17.7 Å². The van der Waals surface area contributed by atoms with Gasteiger partial charge in [0.15, 0.2) is 8.32 Å². The molecule has 0 aliphatic heterocycles. The van der Waals surface area contributed by atoms with E-state index in [-0.39, 0.29) is 22.9 Å². The van der Waals surface area contributed by atoms with Gasteiger partial charge in [0, 0.05) is 31.4 Å². The van der Waals surface area contributed by atoms with Gasteiger partial charge in [0.2, 0.25) is 5.88 Å². The molecule has 3 atom stereocenters. The Morgan fingerprint density at radius 1 is 1.02 bits per heavy atom. The molecule has 41 heavy (non-hydrogen) atoms. The minimum atomic E-state index is -2.02. The van der Waals surface area contributed by atoms with Gasteiger partial charge in [-0.2, -0.15) is 0 Å². The van der Waals surface area contributed by atoms with Gasteiger partial charge in [0.05, 0.1) is 13.2 Å². The molecule has 2 aromatic carbocycles. The molecule has 0 radical (unpaired) electrons. The third-order valence-corrected chi connectivity index (χ3v) is 13.4. The van der Waals surface area contributed by atoms with E-state index in [2.05, 4.69) is 51.0 Å². The zero-order chi connectivity index (χ0) is 29.8. The summed E-state index contributed by atoms with van der Waals surface area (Å²) < 4.78 is 25.8. The number of aromatic nitrogens is 1. The minimum absolute atomic E-state index is 0.0155. The van der Waals surface area contributed by atoms with E-state index in [1.165, 1.54) is 5.56 Å². The minimum Gasteiger partial charge on any atom is -0.481 e. The van der Waals surface area contributed by atoms with Crippen LogP contribution >= 0.6 is 0 Å². The fourth-order valence-electron chi connectivity index (χ4n) is 5.47. The summed E-state index contributed by atoms with van der Waals surface area (Å²) in [6, 6.07) is 18.7. The maximum atomic E-state index is 13.7. The Balaban J connectivity index is 1.38. The number of ether oxygens (including phenoxy) is 1. The fourth-order valence-corrected chi connectivity index (χ4v) is 6.78. The summed E-state index contributed by atoms with van der Waals surface area (Å²) >= 11 is 0. The van der Waals surface area contributed by atoms with E-state index in [1.54, 1.807) is 36.4 Å². The van der Waals surface area contributed by atoms with E-state index in [9.17, 15) is 9.18 Å². The van der Waals surface area contributed by atoms with E-state index in [0.717, 1.165) is 36.8 Å². The lowest BCUT2D eigenvalue weighted by atomic mass is 9.91. The van der Waals surface area contributed by atoms with Crippen molar-refractivity contribution in [1.29, 1.82) is 0 Å². The maximum Gasteiger partial charge on any atom is 0.253 e. The number of rotatable bonds is 10. The highest BCUT2D eigenvalue weighted by Crippen LogP contribution is 2.47. The molecule has 0 spiro atoms. The third-order valence-electron chi connectivity index (χ3n) is 8.93. The molecule has 1 aliphatic rings. The zero-order valence-corrected chi connectivity index (χ0v) is 26.6. The number of nitrogens with zero attached hydrogens (tertiary/aromatic N) is 2. The van der Waals surface area contributed by atoms with E-state index in [0.29, 0.717) is 29.8 Å². The molecule has 1 fully saturated rings. The molecule has 3 aromatic rings. The van der Waals surface area contributed by atoms with Crippen molar-refractivity contribution < 1.29 is 18.3 Å². The normalized spacial score (nSPS) is 18.2. The van der Waals surface area contributed by atoms with Crippen molar-refractivity contribution in [2.24, 2.45) is 11.8 Å². The molecule has 1 amide bonds. The summed E-state index contributed by atoms with van der Waals surface area (Å²) in [6.07, 6.45) is 6.02. The van der Waals surface area contributed by atoms with Gasteiger partial charge >= 0.3 is 0 Å². The molecule has 1 aliphatic carbocycles. The lowest BCUT2D eigenvalue weighted by Gasteiger charge is -2.41. The predicted molar refractivity (Wildman–Crippen MR) is 165 cm³/mol. The van der Waals surface area contributed by atoms with E-state index in [1.807, 2.05) is 37.4 Å². The summed E-state index contributed by atoms with van der Waals surface area (Å²) in [5, 5.41) is 0.0993. The largest absolute Gasteiger partial charge is 0.481 e. The zero-order valence-electron chi connectivity index (χ0n) is 25.6. The van der Waals surface area contributed by atoms with Crippen LogP contribution in [0.5, 0.6) is 5.88 Å². The number of hydrogen-bond donors (Lipinski definition) is 0. The van der Waals surface area contributed by atoms with Gasteiger partial charge in [0.1, 0.15) is 5.82 Å². The van der Waals surface area contributed by atoms with Crippen LogP contribution in [0.1, 0.15) is 73.2 Å². The second-order valence-electron chi connectivity index (χ2n) is 13.1. The lowest BCUT2D eigenvalue weighted by Crippen LogP contribution is -2.43. The first-order valence-electron chi connectivity index (χ1n) is 14.6. The quantitative estimate of drug-likeness (QED) is 0.228. The smallest absolute Gasteiger partial charge is 0.253 e. The van der Waals surface area contributed by atoms with Crippen molar-refractivity contribution in [1.82, 2.24) is 9.88 Å². The Bertz CT molecular complexity index is 1290. The van der Waals surface area contributed by atoms with Gasteiger partial charge in [0.25, 0.3) is 5.91 Å². The van der Waals surface area contributed by atoms with Crippen molar-refractivity contribution in [3.8, 4) is 5.88 Å². The highest BCUT2D eigenvalue weighted by Gasteiger charge is 2.42. The highest BCUT2D eigenvalue weighted by atomic mass is 28.4. The standard InChI is InChI=1S/C34H45FN2O3Si/c1-34(2,3)41(6,7)40-32(27-15-17-30(35)18-16-27)29-14-10-25(21-29)20-24-8-12-28(13-9-24)33(38)37(4)23-26-11-19-31(39-5)36-22-26/h8-9,11-13,15-19,22,25,29,32H,10,14,20-21,23H2,1-7H3/t25-,29-,32+/m0/s1. The lowest BCUT2D eigenvalue weighted by molar-refractivity contribution is 0.0785. The number of carbonyl (C=O) groups is 1. The average Bonchev–Trinajstić information content (AvgIpc) is 3.40. The van der Waals surface area contributed by atoms with Crippen molar-refractivity contribution >= 4 is 14.2 Å². The molecule has 5 nitrogen and oxygen atoms in total. The molecular weight excluding hydrogens is 531 g/mol. The van der Waals surface area contributed by atoms with Gasteiger partial charge in [-0.25, -0.2) is 9.37 Å². The molecule has 7 heteroatoms. The Kier molecular flexibility index (Phi) is 9.70. The van der Waals surface area contributed by atoms with Crippen molar-refractivity contribution in [2.45, 2.75) is 77.2 Å².